The van der Waals surface area contributed by atoms with Crippen molar-refractivity contribution in [2.45, 2.75) is 17.9 Å². The van der Waals surface area contributed by atoms with Gasteiger partial charge in [-0.3, -0.25) is 4.21 Å². The molecule has 0 fully saturated rings. The third-order valence-corrected chi connectivity index (χ3v) is 4.54. The lowest BCUT2D eigenvalue weighted by Crippen LogP contribution is -2.32. The maximum absolute atomic E-state index is 13.1. The first kappa shape index (κ1) is 10.8. The molecule has 0 aromatic heterocycles. The van der Waals surface area contributed by atoms with E-state index in [9.17, 15) is 8.60 Å². The van der Waals surface area contributed by atoms with Crippen molar-refractivity contribution in [1.29, 1.82) is 0 Å². The zero-order valence-electron chi connectivity index (χ0n) is 8.79. The first-order valence-corrected chi connectivity index (χ1v) is 6.30. The predicted molar refractivity (Wildman–Crippen MR) is 58.6 cm³/mol. The molecule has 82 valence electrons. The second-order valence-corrected chi connectivity index (χ2v) is 5.40. The summed E-state index contributed by atoms with van der Waals surface area (Å²) in [5.41, 5.74) is 0.842. The van der Waals surface area contributed by atoms with E-state index in [1.807, 2.05) is 14.0 Å². The van der Waals surface area contributed by atoms with E-state index in [2.05, 4.69) is 5.32 Å². The molecule has 2 rings (SSSR count). The van der Waals surface area contributed by atoms with Gasteiger partial charge in [0.05, 0.1) is 10.8 Å². The van der Waals surface area contributed by atoms with Gasteiger partial charge in [0.15, 0.2) is 0 Å². The lowest BCUT2D eigenvalue weighted by Gasteiger charge is -2.30. The second kappa shape index (κ2) is 4.02. The molecule has 0 spiro atoms. The van der Waals surface area contributed by atoms with Crippen LogP contribution in [-0.2, 0) is 10.8 Å². The summed E-state index contributed by atoms with van der Waals surface area (Å²) in [6.45, 7) is 2.03. The summed E-state index contributed by atoms with van der Waals surface area (Å²) in [6, 6.07) is 4.61. The third-order valence-electron chi connectivity index (χ3n) is 2.85. The van der Waals surface area contributed by atoms with Gasteiger partial charge in [0, 0.05) is 16.7 Å². The van der Waals surface area contributed by atoms with Gasteiger partial charge < -0.3 is 5.32 Å². The Morgan fingerprint density at radius 2 is 2.27 bits per heavy atom. The Bertz CT molecular complexity index is 408. The Morgan fingerprint density at radius 3 is 2.93 bits per heavy atom. The van der Waals surface area contributed by atoms with Gasteiger partial charge in [0.2, 0.25) is 0 Å². The summed E-state index contributed by atoms with van der Waals surface area (Å²) in [5.74, 6) is 0.648. The number of hydrogen-bond acceptors (Lipinski definition) is 2. The highest BCUT2D eigenvalue weighted by Crippen LogP contribution is 2.33. The highest BCUT2D eigenvalue weighted by atomic mass is 32.2. The van der Waals surface area contributed by atoms with Gasteiger partial charge in [0.1, 0.15) is 5.82 Å². The van der Waals surface area contributed by atoms with Gasteiger partial charge in [-0.05, 0) is 36.7 Å². The molecule has 2 nitrogen and oxygen atoms in total. The van der Waals surface area contributed by atoms with Crippen molar-refractivity contribution in [3.05, 3.63) is 29.6 Å². The van der Waals surface area contributed by atoms with Gasteiger partial charge in [-0.1, -0.05) is 6.92 Å². The van der Waals surface area contributed by atoms with Crippen LogP contribution in [0.5, 0.6) is 0 Å². The summed E-state index contributed by atoms with van der Waals surface area (Å²) in [5, 5.41) is 3.16. The highest BCUT2D eigenvalue weighted by Gasteiger charge is 2.29. The molecule has 0 saturated heterocycles. The molecule has 0 bridgehead atoms. The van der Waals surface area contributed by atoms with Gasteiger partial charge in [-0.2, -0.15) is 0 Å². The molecule has 3 unspecified atom stereocenters. The summed E-state index contributed by atoms with van der Waals surface area (Å²) in [4.78, 5) is 0.772. The normalized spacial score (nSPS) is 29.9. The number of benzene rings is 1. The summed E-state index contributed by atoms with van der Waals surface area (Å²) < 4.78 is 25.0. The van der Waals surface area contributed by atoms with Crippen molar-refractivity contribution >= 4 is 10.8 Å². The predicted octanol–water partition coefficient (Wildman–Crippen LogP) is 1.84. The second-order valence-electron chi connectivity index (χ2n) is 3.94. The van der Waals surface area contributed by atoms with Crippen LogP contribution >= 0.6 is 0 Å². The Kier molecular flexibility index (Phi) is 2.89. The van der Waals surface area contributed by atoms with Crippen LogP contribution in [0.3, 0.4) is 0 Å². The van der Waals surface area contributed by atoms with Crippen LogP contribution in [0.15, 0.2) is 23.1 Å². The standard InChI is InChI=1S/C11H14FNOS/c1-7-6-15(14)10-4-3-8(12)5-9(10)11(7)13-2/h3-5,7,11,13H,6H2,1-2H3. The minimum atomic E-state index is -0.982. The van der Waals surface area contributed by atoms with Crippen molar-refractivity contribution in [3.8, 4) is 0 Å². The molecule has 1 heterocycles. The summed E-state index contributed by atoms with van der Waals surface area (Å²) in [6.07, 6.45) is 0. The molecule has 0 radical (unpaired) electrons. The number of fused-ring (bicyclic) bond motifs is 1. The molecular weight excluding hydrogens is 213 g/mol. The molecule has 4 heteroatoms. The topological polar surface area (TPSA) is 29.1 Å². The maximum atomic E-state index is 13.1. The zero-order valence-corrected chi connectivity index (χ0v) is 9.60. The van der Waals surface area contributed by atoms with Crippen molar-refractivity contribution in [1.82, 2.24) is 5.32 Å². The quantitative estimate of drug-likeness (QED) is 0.793. The Hall–Kier alpha value is -0.740. The zero-order chi connectivity index (χ0) is 11.0. The molecule has 0 saturated carbocycles. The van der Waals surface area contributed by atoms with Crippen LogP contribution in [0, 0.1) is 11.7 Å². The van der Waals surface area contributed by atoms with E-state index < -0.39 is 10.8 Å². The van der Waals surface area contributed by atoms with E-state index in [0.29, 0.717) is 5.75 Å². The fourth-order valence-electron chi connectivity index (χ4n) is 2.14. The van der Waals surface area contributed by atoms with E-state index in [1.54, 1.807) is 6.07 Å². The first-order valence-electron chi connectivity index (χ1n) is 4.98. The largest absolute Gasteiger partial charge is 0.313 e. The molecule has 1 aromatic rings. The van der Waals surface area contributed by atoms with Crippen molar-refractivity contribution in [2.24, 2.45) is 5.92 Å². The fraction of sp³-hybridized carbons (Fsp3) is 0.455. The first-order chi connectivity index (χ1) is 7.13. The Labute approximate surface area is 91.3 Å². The fourth-order valence-corrected chi connectivity index (χ4v) is 3.66. The number of nitrogens with one attached hydrogen (secondary N) is 1. The molecule has 3 atom stereocenters. The van der Waals surface area contributed by atoms with Gasteiger partial charge >= 0.3 is 0 Å². The molecule has 0 amide bonds. The van der Waals surface area contributed by atoms with E-state index in [4.69, 9.17) is 0 Å². The Morgan fingerprint density at radius 1 is 1.53 bits per heavy atom. The lowest BCUT2D eigenvalue weighted by molar-refractivity contribution is 0.428. The third kappa shape index (κ3) is 1.84. The van der Waals surface area contributed by atoms with Crippen molar-refractivity contribution in [3.63, 3.8) is 0 Å². The molecule has 1 aliphatic rings. The van der Waals surface area contributed by atoms with Crippen LogP contribution in [0.4, 0.5) is 4.39 Å². The summed E-state index contributed by atoms with van der Waals surface area (Å²) in [7, 11) is 0.869. The molecule has 1 aromatic carbocycles. The molecule has 1 N–H and O–H groups in total. The SMILES string of the molecule is CNC1c2cc(F)ccc2S(=O)CC1C. The van der Waals surface area contributed by atoms with Crippen molar-refractivity contribution < 1.29 is 8.60 Å². The highest BCUT2D eigenvalue weighted by molar-refractivity contribution is 7.85. The van der Waals surface area contributed by atoms with Gasteiger partial charge in [-0.25, -0.2) is 4.39 Å². The number of rotatable bonds is 1. The van der Waals surface area contributed by atoms with Crippen LogP contribution in [-0.4, -0.2) is 17.0 Å². The van der Waals surface area contributed by atoms with Gasteiger partial charge in [-0.15, -0.1) is 0 Å². The molecule has 0 aliphatic carbocycles. The minimum absolute atomic E-state index is 0.105. The number of hydrogen-bond donors (Lipinski definition) is 1. The van der Waals surface area contributed by atoms with Crippen LogP contribution in [0.25, 0.3) is 0 Å². The minimum Gasteiger partial charge on any atom is -0.313 e. The average molecular weight is 227 g/mol. The Balaban J connectivity index is 2.54. The van der Waals surface area contributed by atoms with Gasteiger partial charge in [0.25, 0.3) is 0 Å². The molecule has 15 heavy (non-hydrogen) atoms. The van der Waals surface area contributed by atoms with E-state index >= 15 is 0 Å². The van der Waals surface area contributed by atoms with E-state index in [1.165, 1.54) is 12.1 Å². The molecule has 1 aliphatic heterocycles. The average Bonchev–Trinajstić information content (AvgIpc) is 2.17. The van der Waals surface area contributed by atoms with E-state index in [-0.39, 0.29) is 17.8 Å². The monoisotopic (exact) mass is 227 g/mol. The smallest absolute Gasteiger partial charge is 0.123 e. The molecular formula is C11H14FNOS. The van der Waals surface area contributed by atoms with Crippen LogP contribution in [0.2, 0.25) is 0 Å². The van der Waals surface area contributed by atoms with Crippen LogP contribution < -0.4 is 5.32 Å². The van der Waals surface area contributed by atoms with Crippen molar-refractivity contribution in [2.75, 3.05) is 12.8 Å². The number of halogens is 1. The van der Waals surface area contributed by atoms with E-state index in [0.717, 1.165) is 10.5 Å². The lowest BCUT2D eigenvalue weighted by atomic mass is 9.95. The maximum Gasteiger partial charge on any atom is 0.123 e. The summed E-state index contributed by atoms with van der Waals surface area (Å²) >= 11 is 0. The van der Waals surface area contributed by atoms with Crippen LogP contribution in [0.1, 0.15) is 18.5 Å².